The molecule has 0 saturated carbocycles. The predicted molar refractivity (Wildman–Crippen MR) is 131 cm³/mol. The van der Waals surface area contributed by atoms with Crippen molar-refractivity contribution in [2.75, 3.05) is 29.6 Å². The smallest absolute Gasteiger partial charge is 0.262 e. The molecule has 3 aromatic rings. The molecule has 3 rings (SSSR count). The molecule has 0 radical (unpaired) electrons. The Bertz CT molecular complexity index is 1190. The van der Waals surface area contributed by atoms with Crippen LogP contribution in [0, 0.1) is 0 Å². The summed E-state index contributed by atoms with van der Waals surface area (Å²) in [6.07, 6.45) is 0. The minimum Gasteiger partial charge on any atom is -0.495 e. The van der Waals surface area contributed by atoms with Crippen LogP contribution >= 0.6 is 28.1 Å². The topological polar surface area (TPSA) is 88.7 Å². The summed E-state index contributed by atoms with van der Waals surface area (Å²) >= 11 is 8.69. The van der Waals surface area contributed by atoms with E-state index in [9.17, 15) is 8.42 Å². The van der Waals surface area contributed by atoms with E-state index in [-0.39, 0.29) is 4.90 Å². The fraction of sp³-hybridized carbons (Fsp3) is 0.0952. The van der Waals surface area contributed by atoms with Crippen LogP contribution in [-0.4, -0.2) is 27.7 Å². The van der Waals surface area contributed by atoms with E-state index in [4.69, 9.17) is 21.7 Å². The van der Waals surface area contributed by atoms with Crippen molar-refractivity contribution in [2.45, 2.75) is 4.90 Å². The van der Waals surface area contributed by atoms with Gasteiger partial charge in [-0.15, -0.1) is 0 Å². The van der Waals surface area contributed by atoms with E-state index in [1.807, 2.05) is 24.3 Å². The second kappa shape index (κ2) is 9.99. The van der Waals surface area contributed by atoms with Gasteiger partial charge >= 0.3 is 0 Å². The Labute approximate surface area is 195 Å². The molecule has 0 spiro atoms. The van der Waals surface area contributed by atoms with Crippen LogP contribution in [0.4, 0.5) is 17.1 Å². The van der Waals surface area contributed by atoms with E-state index in [1.54, 1.807) is 37.4 Å². The number of methoxy groups -OCH3 is 2. The number of sulfonamides is 1. The number of rotatable bonds is 7. The molecule has 0 heterocycles. The van der Waals surface area contributed by atoms with Crippen LogP contribution < -0.4 is 24.8 Å². The number of anilines is 3. The zero-order valence-corrected chi connectivity index (χ0v) is 19.9. The Hall–Kier alpha value is -2.82. The first kappa shape index (κ1) is 22.9. The van der Waals surface area contributed by atoms with E-state index in [1.165, 1.54) is 19.2 Å². The number of nitrogens with one attached hydrogen (secondary N) is 3. The summed E-state index contributed by atoms with van der Waals surface area (Å²) in [4.78, 5) is 0.0569. The standard InChI is InChI=1S/C21H20BrN3O4S2/c1-28-19-6-4-3-5-17(19)23-21(30)24-18-12-11-16(13-20(18)29-2)31(26,27)25-15-9-7-14(22)8-10-15/h3-13,25H,1-2H3,(H2,23,24,30). The highest BCUT2D eigenvalue weighted by Gasteiger charge is 2.17. The first-order chi connectivity index (χ1) is 14.8. The van der Waals surface area contributed by atoms with Gasteiger partial charge in [0.05, 0.1) is 30.5 Å². The molecule has 10 heteroatoms. The van der Waals surface area contributed by atoms with Crippen molar-refractivity contribution in [3.05, 3.63) is 71.2 Å². The molecule has 0 bridgehead atoms. The molecule has 3 aromatic carbocycles. The average Bonchev–Trinajstić information content (AvgIpc) is 2.75. The molecule has 0 unspecified atom stereocenters. The second-order valence-corrected chi connectivity index (χ2v) is 9.26. The van der Waals surface area contributed by atoms with Crippen molar-refractivity contribution in [2.24, 2.45) is 0 Å². The van der Waals surface area contributed by atoms with Crippen molar-refractivity contribution < 1.29 is 17.9 Å². The van der Waals surface area contributed by atoms with E-state index in [0.717, 1.165) is 4.47 Å². The van der Waals surface area contributed by atoms with Gasteiger partial charge in [0.15, 0.2) is 5.11 Å². The number of hydrogen-bond donors (Lipinski definition) is 3. The molecular weight excluding hydrogens is 502 g/mol. The van der Waals surface area contributed by atoms with Crippen LogP contribution in [0.25, 0.3) is 0 Å². The van der Waals surface area contributed by atoms with Gasteiger partial charge in [-0.25, -0.2) is 8.42 Å². The van der Waals surface area contributed by atoms with Crippen LogP contribution in [-0.2, 0) is 10.0 Å². The predicted octanol–water partition coefficient (Wildman–Crippen LogP) is 5.08. The van der Waals surface area contributed by atoms with Crippen LogP contribution in [0.15, 0.2) is 76.1 Å². The number of hydrogen-bond acceptors (Lipinski definition) is 5. The first-order valence-corrected chi connectivity index (χ1v) is 11.7. The molecule has 3 N–H and O–H groups in total. The highest BCUT2D eigenvalue weighted by Crippen LogP contribution is 2.30. The number of benzene rings is 3. The van der Waals surface area contributed by atoms with Crippen molar-refractivity contribution >= 4 is 60.3 Å². The second-order valence-electron chi connectivity index (χ2n) is 6.25. The lowest BCUT2D eigenvalue weighted by molar-refractivity contribution is 0.415. The van der Waals surface area contributed by atoms with Gasteiger partial charge in [0.25, 0.3) is 10.0 Å². The van der Waals surface area contributed by atoms with Crippen LogP contribution in [0.5, 0.6) is 11.5 Å². The van der Waals surface area contributed by atoms with Crippen molar-refractivity contribution in [1.29, 1.82) is 0 Å². The van der Waals surface area contributed by atoms with E-state index in [0.29, 0.717) is 33.7 Å². The largest absolute Gasteiger partial charge is 0.495 e. The molecule has 7 nitrogen and oxygen atoms in total. The third kappa shape index (κ3) is 5.87. The lowest BCUT2D eigenvalue weighted by Gasteiger charge is -2.16. The minimum atomic E-state index is -3.80. The first-order valence-electron chi connectivity index (χ1n) is 9.00. The van der Waals surface area contributed by atoms with Crippen LogP contribution in [0.1, 0.15) is 0 Å². The summed E-state index contributed by atoms with van der Waals surface area (Å²) in [5.74, 6) is 0.960. The summed E-state index contributed by atoms with van der Waals surface area (Å²) in [7, 11) is -0.775. The molecule has 0 aliphatic carbocycles. The fourth-order valence-corrected chi connectivity index (χ4v) is 4.26. The van der Waals surface area contributed by atoms with Gasteiger partial charge in [-0.05, 0) is 60.7 Å². The van der Waals surface area contributed by atoms with Gasteiger partial charge < -0.3 is 20.1 Å². The summed E-state index contributed by atoms with van der Waals surface area (Å²) in [6, 6.07) is 18.7. The van der Waals surface area contributed by atoms with Gasteiger partial charge in [0, 0.05) is 16.2 Å². The molecule has 0 amide bonds. The van der Waals surface area contributed by atoms with Crippen LogP contribution in [0.2, 0.25) is 0 Å². The van der Waals surface area contributed by atoms with Crippen molar-refractivity contribution in [3.63, 3.8) is 0 Å². The molecular formula is C21H20BrN3O4S2. The summed E-state index contributed by atoms with van der Waals surface area (Å²) in [5, 5.41) is 6.36. The molecule has 0 aliphatic rings. The zero-order chi connectivity index (χ0) is 22.4. The molecule has 0 fully saturated rings. The molecule has 0 aliphatic heterocycles. The summed E-state index contributed by atoms with van der Waals surface area (Å²) in [5.41, 5.74) is 1.66. The Morgan fingerprint density at radius 2 is 1.48 bits per heavy atom. The normalized spacial score (nSPS) is 10.8. The monoisotopic (exact) mass is 521 g/mol. The molecule has 162 valence electrons. The van der Waals surface area contributed by atoms with Gasteiger partial charge in [-0.3, -0.25) is 4.72 Å². The highest BCUT2D eigenvalue weighted by molar-refractivity contribution is 9.10. The zero-order valence-electron chi connectivity index (χ0n) is 16.7. The lowest BCUT2D eigenvalue weighted by atomic mass is 10.3. The molecule has 0 atom stereocenters. The Kier molecular flexibility index (Phi) is 7.37. The summed E-state index contributed by atoms with van der Waals surface area (Å²) in [6.45, 7) is 0. The SMILES string of the molecule is COc1ccccc1NC(=S)Nc1ccc(S(=O)(=O)Nc2ccc(Br)cc2)cc1OC. The Balaban J connectivity index is 1.77. The number of thiocarbonyl (C=S) groups is 1. The van der Waals surface area contributed by atoms with Gasteiger partial charge in [0.1, 0.15) is 11.5 Å². The van der Waals surface area contributed by atoms with Crippen molar-refractivity contribution in [1.82, 2.24) is 0 Å². The maximum absolute atomic E-state index is 12.7. The number of para-hydroxylation sites is 2. The number of halogens is 1. The van der Waals surface area contributed by atoms with Gasteiger partial charge in [-0.1, -0.05) is 28.1 Å². The number of ether oxygens (including phenoxy) is 2. The van der Waals surface area contributed by atoms with E-state index >= 15 is 0 Å². The fourth-order valence-electron chi connectivity index (χ4n) is 2.70. The minimum absolute atomic E-state index is 0.0569. The van der Waals surface area contributed by atoms with Crippen LogP contribution in [0.3, 0.4) is 0 Å². The van der Waals surface area contributed by atoms with E-state index in [2.05, 4.69) is 31.3 Å². The highest BCUT2D eigenvalue weighted by atomic mass is 79.9. The molecule has 0 aromatic heterocycles. The summed E-state index contributed by atoms with van der Waals surface area (Å²) < 4.78 is 39.6. The Morgan fingerprint density at radius 3 is 2.13 bits per heavy atom. The van der Waals surface area contributed by atoms with Gasteiger partial charge in [-0.2, -0.15) is 0 Å². The van der Waals surface area contributed by atoms with Crippen molar-refractivity contribution in [3.8, 4) is 11.5 Å². The maximum atomic E-state index is 12.7. The Morgan fingerprint density at radius 1 is 0.871 bits per heavy atom. The lowest BCUT2D eigenvalue weighted by Crippen LogP contribution is -2.20. The quantitative estimate of drug-likeness (QED) is 0.373. The molecule has 31 heavy (non-hydrogen) atoms. The van der Waals surface area contributed by atoms with E-state index < -0.39 is 10.0 Å². The third-order valence-electron chi connectivity index (χ3n) is 4.18. The maximum Gasteiger partial charge on any atom is 0.262 e. The van der Waals surface area contributed by atoms with Gasteiger partial charge in [0.2, 0.25) is 0 Å². The molecule has 0 saturated heterocycles. The average molecular weight is 522 g/mol. The third-order valence-corrected chi connectivity index (χ3v) is 6.29.